The normalized spacial score (nSPS) is 14.2. The molecular weight excluding hydrogens is 685 g/mol. The summed E-state index contributed by atoms with van der Waals surface area (Å²) in [7, 11) is 0. The SMILES string of the molecule is CC1CC=Cc2c1sc1cccc(-c3nc(-c4ccccc4)nc(-c4ccc5sc6ccc7c(-c8ccccc8)nc8ccccc8c7c6c5c4)n3)c21. The topological polar surface area (TPSA) is 51.6 Å². The first-order valence-corrected chi connectivity index (χ1v) is 19.6. The van der Waals surface area contributed by atoms with Gasteiger partial charge < -0.3 is 0 Å². The molecule has 53 heavy (non-hydrogen) atoms. The molecule has 0 radical (unpaired) electrons. The van der Waals surface area contributed by atoms with Gasteiger partial charge in [-0.1, -0.05) is 116 Å². The molecule has 1 unspecified atom stereocenters. The lowest BCUT2D eigenvalue weighted by atomic mass is 9.93. The number of allylic oxidation sites excluding steroid dienone is 1. The largest absolute Gasteiger partial charge is 0.247 e. The zero-order valence-corrected chi connectivity index (χ0v) is 30.4. The summed E-state index contributed by atoms with van der Waals surface area (Å²) in [6.45, 7) is 2.32. The third-order valence-electron chi connectivity index (χ3n) is 10.5. The van der Waals surface area contributed by atoms with E-state index in [9.17, 15) is 0 Å². The maximum Gasteiger partial charge on any atom is 0.164 e. The Morgan fingerprint density at radius 1 is 0.509 bits per heavy atom. The second kappa shape index (κ2) is 12.0. The molecular formula is C47H30N4S2. The van der Waals surface area contributed by atoms with E-state index in [4.69, 9.17) is 19.9 Å². The molecule has 0 spiro atoms. The minimum absolute atomic E-state index is 0.494. The molecule has 0 bridgehead atoms. The molecule has 10 aromatic rings. The Morgan fingerprint density at radius 2 is 1.23 bits per heavy atom. The number of pyridine rings is 1. The standard InChI is InChI=1S/C47H30N4S2/c1-27-12-10-18-33-40-34(19-11-21-38(40)53-44(27)33)47-50-45(29-15-6-3-7-16-29)49-46(51-47)30-22-24-37-35(26-30)42-39(52-37)25-23-32-41(42)31-17-8-9-20-36(31)48-43(32)28-13-4-2-5-14-28/h2-11,13-27H,12H2,1H3. The van der Waals surface area contributed by atoms with Crippen LogP contribution in [0, 0.1) is 0 Å². The smallest absolute Gasteiger partial charge is 0.164 e. The summed E-state index contributed by atoms with van der Waals surface area (Å²) in [5.74, 6) is 2.52. The number of hydrogen-bond donors (Lipinski definition) is 0. The molecule has 4 nitrogen and oxygen atoms in total. The Bertz CT molecular complexity index is 3110. The predicted molar refractivity (Wildman–Crippen MR) is 225 cm³/mol. The van der Waals surface area contributed by atoms with Crippen LogP contribution in [0.1, 0.15) is 29.7 Å². The number of hydrogen-bond acceptors (Lipinski definition) is 6. The number of benzene rings is 6. The molecule has 0 N–H and O–H groups in total. The van der Waals surface area contributed by atoms with E-state index in [0.717, 1.165) is 50.7 Å². The van der Waals surface area contributed by atoms with E-state index in [-0.39, 0.29) is 0 Å². The van der Waals surface area contributed by atoms with Gasteiger partial charge in [-0.3, -0.25) is 0 Å². The summed E-state index contributed by atoms with van der Waals surface area (Å²) < 4.78 is 3.74. The van der Waals surface area contributed by atoms with Crippen LogP contribution in [-0.2, 0) is 0 Å². The van der Waals surface area contributed by atoms with Gasteiger partial charge in [-0.2, -0.15) is 0 Å². The second-order valence-electron chi connectivity index (χ2n) is 13.8. The van der Waals surface area contributed by atoms with Crippen LogP contribution < -0.4 is 0 Å². The van der Waals surface area contributed by atoms with Gasteiger partial charge in [-0.25, -0.2) is 19.9 Å². The first-order valence-electron chi connectivity index (χ1n) is 18.0. The third kappa shape index (κ3) is 4.87. The highest BCUT2D eigenvalue weighted by molar-refractivity contribution is 7.26. The average Bonchev–Trinajstić information content (AvgIpc) is 3.80. The Kier molecular flexibility index (Phi) is 6.91. The van der Waals surface area contributed by atoms with E-state index < -0.39 is 0 Å². The van der Waals surface area contributed by atoms with Crippen LogP contribution in [0.4, 0.5) is 0 Å². The molecule has 6 aromatic carbocycles. The van der Waals surface area contributed by atoms with Gasteiger partial charge in [-0.05, 0) is 54.3 Å². The quantitative estimate of drug-likeness (QED) is 0.170. The van der Waals surface area contributed by atoms with Crippen LogP contribution >= 0.6 is 22.7 Å². The molecule has 0 aliphatic heterocycles. The zero-order chi connectivity index (χ0) is 35.0. The Balaban J connectivity index is 1.18. The van der Waals surface area contributed by atoms with Crippen molar-refractivity contribution in [1.29, 1.82) is 0 Å². The number of thiophene rings is 2. The monoisotopic (exact) mass is 714 g/mol. The van der Waals surface area contributed by atoms with Crippen LogP contribution in [0.2, 0.25) is 0 Å². The average molecular weight is 715 g/mol. The van der Waals surface area contributed by atoms with Crippen molar-refractivity contribution in [3.63, 3.8) is 0 Å². The second-order valence-corrected chi connectivity index (χ2v) is 16.0. The van der Waals surface area contributed by atoms with Crippen molar-refractivity contribution in [2.24, 2.45) is 0 Å². The molecule has 4 heterocycles. The summed E-state index contributed by atoms with van der Waals surface area (Å²) in [6.07, 6.45) is 5.66. The van der Waals surface area contributed by atoms with E-state index in [2.05, 4.69) is 134 Å². The number of para-hydroxylation sites is 1. The Labute approximate surface area is 313 Å². The lowest BCUT2D eigenvalue weighted by Crippen LogP contribution is -2.01. The first kappa shape index (κ1) is 30.5. The summed E-state index contributed by atoms with van der Waals surface area (Å²) in [6, 6.07) is 47.0. The number of rotatable bonds is 4. The van der Waals surface area contributed by atoms with Gasteiger partial charge in [0.05, 0.1) is 11.2 Å². The Hall–Kier alpha value is -6.08. The first-order chi connectivity index (χ1) is 26.2. The molecule has 1 atom stereocenters. The molecule has 0 amide bonds. The fraction of sp³-hybridized carbons (Fsp3) is 0.0638. The van der Waals surface area contributed by atoms with Gasteiger partial charge >= 0.3 is 0 Å². The summed E-state index contributed by atoms with van der Waals surface area (Å²) in [5.41, 5.74) is 7.37. The van der Waals surface area contributed by atoms with Crippen molar-refractivity contribution < 1.29 is 0 Å². The maximum atomic E-state index is 5.29. The van der Waals surface area contributed by atoms with Crippen molar-refractivity contribution >= 4 is 80.7 Å². The van der Waals surface area contributed by atoms with Crippen molar-refractivity contribution in [2.75, 3.05) is 0 Å². The van der Waals surface area contributed by atoms with Crippen molar-refractivity contribution in [3.05, 3.63) is 150 Å². The number of nitrogens with zero attached hydrogens (tertiary/aromatic N) is 4. The summed E-state index contributed by atoms with van der Waals surface area (Å²) in [4.78, 5) is 22.3. The Morgan fingerprint density at radius 3 is 2.08 bits per heavy atom. The van der Waals surface area contributed by atoms with Gasteiger partial charge in [0, 0.05) is 73.5 Å². The highest BCUT2D eigenvalue weighted by Gasteiger charge is 2.23. The molecule has 0 fully saturated rings. The number of aromatic nitrogens is 4. The molecule has 0 saturated heterocycles. The van der Waals surface area contributed by atoms with Crippen LogP contribution in [-0.4, -0.2) is 19.9 Å². The number of fused-ring (bicyclic) bond motifs is 10. The minimum Gasteiger partial charge on any atom is -0.247 e. The van der Waals surface area contributed by atoms with E-state index in [1.165, 1.54) is 46.1 Å². The maximum absolute atomic E-state index is 5.29. The molecule has 6 heteroatoms. The molecule has 1 aliphatic carbocycles. The van der Waals surface area contributed by atoms with Gasteiger partial charge in [0.1, 0.15) is 0 Å². The highest BCUT2D eigenvalue weighted by Crippen LogP contribution is 2.46. The molecule has 4 aromatic heterocycles. The predicted octanol–water partition coefficient (Wildman–Crippen LogP) is 13.3. The van der Waals surface area contributed by atoms with Crippen LogP contribution in [0.3, 0.4) is 0 Å². The highest BCUT2D eigenvalue weighted by atomic mass is 32.1. The van der Waals surface area contributed by atoms with Gasteiger partial charge in [0.25, 0.3) is 0 Å². The zero-order valence-electron chi connectivity index (χ0n) is 28.7. The van der Waals surface area contributed by atoms with Crippen molar-refractivity contribution in [2.45, 2.75) is 19.3 Å². The summed E-state index contributed by atoms with van der Waals surface area (Å²) >= 11 is 3.72. The molecule has 1 aliphatic rings. The minimum atomic E-state index is 0.494. The van der Waals surface area contributed by atoms with Gasteiger partial charge in [-0.15, -0.1) is 22.7 Å². The van der Waals surface area contributed by atoms with Crippen LogP contribution in [0.5, 0.6) is 0 Å². The van der Waals surface area contributed by atoms with Crippen LogP contribution in [0.25, 0.3) is 103 Å². The van der Waals surface area contributed by atoms with Crippen molar-refractivity contribution in [3.8, 4) is 45.4 Å². The van der Waals surface area contributed by atoms with Gasteiger partial charge in [0.2, 0.25) is 0 Å². The van der Waals surface area contributed by atoms with Crippen molar-refractivity contribution in [1.82, 2.24) is 19.9 Å². The van der Waals surface area contributed by atoms with Gasteiger partial charge in [0.15, 0.2) is 17.5 Å². The molecule has 0 saturated carbocycles. The van der Waals surface area contributed by atoms with E-state index in [1.807, 2.05) is 40.9 Å². The molecule has 11 rings (SSSR count). The fourth-order valence-corrected chi connectivity index (χ4v) is 10.4. The molecule has 250 valence electrons. The van der Waals surface area contributed by atoms with E-state index in [1.54, 1.807) is 0 Å². The van der Waals surface area contributed by atoms with E-state index >= 15 is 0 Å². The van der Waals surface area contributed by atoms with E-state index in [0.29, 0.717) is 23.4 Å². The van der Waals surface area contributed by atoms with Crippen LogP contribution in [0.15, 0.2) is 140 Å². The lowest BCUT2D eigenvalue weighted by Gasteiger charge is -2.14. The fourth-order valence-electron chi connectivity index (χ4n) is 8.01. The lowest BCUT2D eigenvalue weighted by molar-refractivity contribution is 0.791. The third-order valence-corrected chi connectivity index (χ3v) is 13.1. The summed E-state index contributed by atoms with van der Waals surface area (Å²) in [5, 5.41) is 7.20.